The Bertz CT molecular complexity index is 949. The number of likely N-dealkylation sites (tertiary alicyclic amines) is 1. The summed E-state index contributed by atoms with van der Waals surface area (Å²) < 4.78 is 45.3. The minimum Gasteiger partial charge on any atom is -0.497 e. The number of nitrogens with one attached hydrogen (secondary N) is 1. The van der Waals surface area contributed by atoms with E-state index in [9.17, 15) is 23.1 Å². The molecule has 8 heteroatoms. The van der Waals surface area contributed by atoms with Crippen LogP contribution in [0, 0.1) is 11.8 Å². The maximum atomic E-state index is 13.4. The molecule has 0 spiro atoms. The van der Waals surface area contributed by atoms with Crippen LogP contribution in [0.3, 0.4) is 0 Å². The Hall–Kier alpha value is -2.74. The lowest BCUT2D eigenvalue weighted by molar-refractivity contribution is -0.138. The molecule has 1 aliphatic carbocycles. The van der Waals surface area contributed by atoms with Gasteiger partial charge in [-0.3, -0.25) is 4.90 Å². The molecule has 0 amide bonds. The fourth-order valence-corrected chi connectivity index (χ4v) is 5.07. The third-order valence-corrected chi connectivity index (χ3v) is 6.48. The molecule has 2 fully saturated rings. The molecule has 1 heterocycles. The van der Waals surface area contributed by atoms with Crippen molar-refractivity contribution in [2.24, 2.45) is 11.8 Å². The molecule has 0 radical (unpaired) electrons. The van der Waals surface area contributed by atoms with Crippen molar-refractivity contribution in [1.82, 2.24) is 4.90 Å². The zero-order valence-corrected chi connectivity index (χ0v) is 17.2. The van der Waals surface area contributed by atoms with Crippen LogP contribution in [0.5, 0.6) is 5.75 Å². The number of fused-ring (bicyclic) bond motifs is 1. The predicted molar refractivity (Wildman–Crippen MR) is 110 cm³/mol. The number of aromatic carboxylic acids is 1. The van der Waals surface area contributed by atoms with E-state index < -0.39 is 17.7 Å². The highest BCUT2D eigenvalue weighted by atomic mass is 19.4. The quantitative estimate of drug-likeness (QED) is 0.677. The average molecular weight is 434 g/mol. The van der Waals surface area contributed by atoms with Gasteiger partial charge in [0.1, 0.15) is 5.75 Å². The summed E-state index contributed by atoms with van der Waals surface area (Å²) in [6.07, 6.45) is -2.83. The Morgan fingerprint density at radius 1 is 1.16 bits per heavy atom. The molecule has 5 nitrogen and oxygen atoms in total. The van der Waals surface area contributed by atoms with E-state index in [4.69, 9.17) is 4.74 Å². The van der Waals surface area contributed by atoms with Gasteiger partial charge in [-0.25, -0.2) is 4.79 Å². The van der Waals surface area contributed by atoms with Crippen molar-refractivity contribution in [3.8, 4) is 5.75 Å². The number of halogens is 3. The molecule has 0 aromatic heterocycles. The normalized spacial score (nSPS) is 23.5. The van der Waals surface area contributed by atoms with E-state index in [1.165, 1.54) is 25.3 Å². The summed E-state index contributed by atoms with van der Waals surface area (Å²) in [4.78, 5) is 13.7. The molecule has 2 aromatic rings. The van der Waals surface area contributed by atoms with E-state index in [1.807, 2.05) is 0 Å². The molecule has 2 aromatic carbocycles. The van der Waals surface area contributed by atoms with Crippen molar-refractivity contribution < 1.29 is 27.8 Å². The van der Waals surface area contributed by atoms with Gasteiger partial charge >= 0.3 is 12.1 Å². The molecular formula is C23H25F3N2O3. The van der Waals surface area contributed by atoms with Crippen LogP contribution in [-0.4, -0.2) is 42.8 Å². The van der Waals surface area contributed by atoms with E-state index in [2.05, 4.69) is 10.2 Å². The summed E-state index contributed by atoms with van der Waals surface area (Å²) in [5.74, 6) is 0.0728. The van der Waals surface area contributed by atoms with E-state index in [1.54, 1.807) is 24.3 Å². The number of rotatable bonds is 6. The Morgan fingerprint density at radius 2 is 1.84 bits per heavy atom. The average Bonchev–Trinajstić information content (AvgIpc) is 3.30. The van der Waals surface area contributed by atoms with Gasteiger partial charge in [0.2, 0.25) is 0 Å². The van der Waals surface area contributed by atoms with Crippen LogP contribution in [0.15, 0.2) is 42.5 Å². The van der Waals surface area contributed by atoms with E-state index in [0.717, 1.165) is 25.9 Å². The number of alkyl halides is 3. The smallest absolute Gasteiger partial charge is 0.416 e. The first-order chi connectivity index (χ1) is 14.8. The van der Waals surface area contributed by atoms with Gasteiger partial charge in [-0.1, -0.05) is 18.2 Å². The second-order valence-electron chi connectivity index (χ2n) is 8.36. The van der Waals surface area contributed by atoms with Crippen molar-refractivity contribution in [2.45, 2.75) is 24.9 Å². The highest BCUT2D eigenvalue weighted by molar-refractivity contribution is 5.94. The van der Waals surface area contributed by atoms with Crippen LogP contribution < -0.4 is 10.1 Å². The van der Waals surface area contributed by atoms with Crippen molar-refractivity contribution >= 4 is 11.7 Å². The molecule has 2 aliphatic rings. The van der Waals surface area contributed by atoms with Crippen LogP contribution in [0.25, 0.3) is 0 Å². The minimum absolute atomic E-state index is 0.0665. The highest BCUT2D eigenvalue weighted by Gasteiger charge is 2.43. The second-order valence-corrected chi connectivity index (χ2v) is 8.36. The summed E-state index contributed by atoms with van der Waals surface area (Å²) in [6.45, 7) is 2.07. The number of benzene rings is 2. The second kappa shape index (κ2) is 8.42. The number of carbonyl (C=O) groups is 1. The number of hydrogen-bond acceptors (Lipinski definition) is 4. The van der Waals surface area contributed by atoms with Gasteiger partial charge in [-0.05, 0) is 60.4 Å². The first kappa shape index (κ1) is 21.5. The number of methoxy groups -OCH3 is 1. The van der Waals surface area contributed by atoms with Gasteiger partial charge in [0, 0.05) is 18.8 Å². The van der Waals surface area contributed by atoms with Gasteiger partial charge in [0.15, 0.2) is 0 Å². The van der Waals surface area contributed by atoms with Gasteiger partial charge in [0.05, 0.1) is 24.9 Å². The molecule has 31 heavy (non-hydrogen) atoms. The highest BCUT2D eigenvalue weighted by Crippen LogP contribution is 2.48. The van der Waals surface area contributed by atoms with Crippen molar-refractivity contribution in [3.05, 3.63) is 59.2 Å². The fraction of sp³-hybridized carbons (Fsp3) is 0.435. The third kappa shape index (κ3) is 4.49. The molecule has 3 atom stereocenters. The number of carboxylic acids is 1. The summed E-state index contributed by atoms with van der Waals surface area (Å²) in [5.41, 5.74) is 0.558. The largest absolute Gasteiger partial charge is 0.497 e. The summed E-state index contributed by atoms with van der Waals surface area (Å²) in [5, 5.41) is 12.6. The van der Waals surface area contributed by atoms with Gasteiger partial charge in [0.25, 0.3) is 0 Å². The Kier molecular flexibility index (Phi) is 5.83. The summed E-state index contributed by atoms with van der Waals surface area (Å²) >= 11 is 0. The summed E-state index contributed by atoms with van der Waals surface area (Å²) in [7, 11) is 1.48. The number of nitrogens with zero attached hydrogens (tertiary/aromatic N) is 1. The zero-order valence-electron chi connectivity index (χ0n) is 17.2. The minimum atomic E-state index is -4.33. The van der Waals surface area contributed by atoms with Gasteiger partial charge < -0.3 is 15.2 Å². The predicted octanol–water partition coefficient (Wildman–Crippen LogP) is 4.91. The topological polar surface area (TPSA) is 61.8 Å². The van der Waals surface area contributed by atoms with Crippen molar-refractivity contribution in [3.63, 3.8) is 0 Å². The van der Waals surface area contributed by atoms with Gasteiger partial charge in [-0.15, -0.1) is 0 Å². The first-order valence-electron chi connectivity index (χ1n) is 10.3. The third-order valence-electron chi connectivity index (χ3n) is 6.48. The van der Waals surface area contributed by atoms with E-state index in [-0.39, 0.29) is 11.5 Å². The lowest BCUT2D eigenvalue weighted by atomic mass is 9.91. The van der Waals surface area contributed by atoms with E-state index in [0.29, 0.717) is 35.5 Å². The zero-order chi connectivity index (χ0) is 22.2. The molecule has 1 aliphatic heterocycles. The number of anilines is 1. The molecule has 2 N–H and O–H groups in total. The molecular weight excluding hydrogens is 409 g/mol. The molecule has 1 unspecified atom stereocenters. The Morgan fingerprint density at radius 3 is 2.45 bits per heavy atom. The van der Waals surface area contributed by atoms with Crippen molar-refractivity contribution in [1.29, 1.82) is 0 Å². The first-order valence-corrected chi connectivity index (χ1v) is 10.3. The lowest BCUT2D eigenvalue weighted by Crippen LogP contribution is -2.29. The van der Waals surface area contributed by atoms with Crippen LogP contribution in [0.4, 0.5) is 18.9 Å². The number of hydrogen-bond donors (Lipinski definition) is 2. The maximum absolute atomic E-state index is 13.4. The summed E-state index contributed by atoms with van der Waals surface area (Å²) in [6, 6.07) is 10.8. The maximum Gasteiger partial charge on any atom is 0.416 e. The fourth-order valence-electron chi connectivity index (χ4n) is 5.07. The molecule has 1 saturated heterocycles. The molecule has 1 saturated carbocycles. The van der Waals surface area contributed by atoms with Crippen LogP contribution in [0.2, 0.25) is 0 Å². The van der Waals surface area contributed by atoms with Crippen LogP contribution in [-0.2, 0) is 6.18 Å². The van der Waals surface area contributed by atoms with Crippen LogP contribution >= 0.6 is 0 Å². The Balaban J connectivity index is 1.38. The SMILES string of the molecule is COc1ccc(NCN2C[C@H]3CC(c4ccccc4C(F)(F)F)C[C@H]3C2)c(C(=O)O)c1. The van der Waals surface area contributed by atoms with Crippen molar-refractivity contribution in [2.75, 3.05) is 32.2 Å². The number of ether oxygens (including phenoxy) is 1. The lowest BCUT2D eigenvalue weighted by Gasteiger charge is -2.22. The Labute approximate surface area is 178 Å². The van der Waals surface area contributed by atoms with E-state index >= 15 is 0 Å². The standard InChI is InChI=1S/C23H25F3N2O3/c1-31-17-6-7-21(19(10-17)22(29)30)27-13-28-11-15-8-14(9-16(15)12-28)18-4-2-3-5-20(18)23(24,25)26/h2-7,10,14-16,27H,8-9,11-13H2,1H3,(H,29,30)/t14?,15-,16+. The monoisotopic (exact) mass is 434 g/mol. The molecule has 166 valence electrons. The molecule has 4 rings (SSSR count). The molecule has 0 bridgehead atoms. The van der Waals surface area contributed by atoms with Crippen LogP contribution in [0.1, 0.15) is 40.2 Å². The van der Waals surface area contributed by atoms with Gasteiger partial charge in [-0.2, -0.15) is 13.2 Å². The number of carboxylic acid groups (broad SMARTS) is 1.